The van der Waals surface area contributed by atoms with Crippen LogP contribution in [-0.4, -0.2) is 80.7 Å². The molecule has 1 N–H and O–H groups in total. The van der Waals surface area contributed by atoms with Crippen LogP contribution in [0.5, 0.6) is 0 Å². The minimum absolute atomic E-state index is 0.000201. The molecule has 4 rings (SSSR count). The van der Waals surface area contributed by atoms with Crippen molar-refractivity contribution in [1.82, 2.24) is 19.8 Å². The van der Waals surface area contributed by atoms with Crippen molar-refractivity contribution in [3.63, 3.8) is 0 Å². The molecule has 14 nitrogen and oxygen atoms in total. The maximum absolute atomic E-state index is 14.6. The molecular formula is C38H51N5O9. The van der Waals surface area contributed by atoms with Crippen LogP contribution in [0.4, 0.5) is 20.1 Å². The third kappa shape index (κ3) is 7.85. The molecule has 0 aliphatic carbocycles. The highest BCUT2D eigenvalue weighted by atomic mass is 16.6. The SMILES string of the molecule is C=CC(C)(C)[C@@]12C[C@@H](C(=O)N/C(=C\c3cn(C(=O)OC(C)(C)C)cn3)C(=O)OC)N(C(=O)OC(C)(C)C)[C@@H]1N(C(=O)OC(C)(C)C)c1ccccc12. The van der Waals surface area contributed by atoms with E-state index in [0.29, 0.717) is 11.3 Å². The molecule has 3 amide bonds. The minimum atomic E-state index is -1.29. The highest BCUT2D eigenvalue weighted by Crippen LogP contribution is 2.62. The molecule has 3 heterocycles. The summed E-state index contributed by atoms with van der Waals surface area (Å²) in [6.45, 7) is 23.4. The Bertz CT molecular complexity index is 1790. The number of amides is 3. The van der Waals surface area contributed by atoms with Crippen LogP contribution in [0.2, 0.25) is 0 Å². The smallest absolute Gasteiger partial charge is 0.419 e. The van der Waals surface area contributed by atoms with Crippen molar-refractivity contribution in [2.75, 3.05) is 12.0 Å². The van der Waals surface area contributed by atoms with Crippen molar-refractivity contribution < 1.29 is 42.9 Å². The van der Waals surface area contributed by atoms with E-state index in [-0.39, 0.29) is 17.8 Å². The van der Waals surface area contributed by atoms with Gasteiger partial charge in [-0.05, 0) is 91.9 Å². The second kappa shape index (κ2) is 13.8. The number of benzene rings is 1. The van der Waals surface area contributed by atoms with Gasteiger partial charge in [0.05, 0.1) is 18.5 Å². The van der Waals surface area contributed by atoms with Gasteiger partial charge in [-0.15, -0.1) is 6.58 Å². The Hall–Kier alpha value is -5.14. The van der Waals surface area contributed by atoms with Crippen LogP contribution in [0, 0.1) is 5.41 Å². The summed E-state index contributed by atoms with van der Waals surface area (Å²) in [5.41, 5.74) is -3.55. The zero-order valence-electron chi connectivity index (χ0n) is 32.2. The number of hydrogen-bond donors (Lipinski definition) is 1. The zero-order chi connectivity index (χ0) is 39.2. The monoisotopic (exact) mass is 721 g/mol. The lowest BCUT2D eigenvalue weighted by Gasteiger charge is -2.45. The van der Waals surface area contributed by atoms with Gasteiger partial charge >= 0.3 is 24.2 Å². The van der Waals surface area contributed by atoms with Gasteiger partial charge in [0, 0.05) is 11.6 Å². The van der Waals surface area contributed by atoms with Crippen molar-refractivity contribution in [2.24, 2.45) is 5.41 Å². The zero-order valence-corrected chi connectivity index (χ0v) is 32.2. The van der Waals surface area contributed by atoms with Gasteiger partial charge in [0.25, 0.3) is 0 Å². The number of fused-ring (bicyclic) bond motifs is 3. The number of hydrogen-bond acceptors (Lipinski definition) is 10. The number of para-hydroxylation sites is 1. The van der Waals surface area contributed by atoms with E-state index in [2.05, 4.69) is 16.9 Å². The molecular weight excluding hydrogens is 670 g/mol. The number of anilines is 1. The van der Waals surface area contributed by atoms with Crippen molar-refractivity contribution in [1.29, 1.82) is 0 Å². The van der Waals surface area contributed by atoms with Crippen LogP contribution < -0.4 is 10.2 Å². The molecule has 52 heavy (non-hydrogen) atoms. The largest absolute Gasteiger partial charge is 0.464 e. The number of allylic oxidation sites excluding steroid dienone is 1. The molecule has 14 heteroatoms. The number of methoxy groups -OCH3 is 1. The number of carbonyl (C=O) groups excluding carboxylic acids is 5. The van der Waals surface area contributed by atoms with E-state index >= 15 is 0 Å². The average molecular weight is 722 g/mol. The summed E-state index contributed by atoms with van der Waals surface area (Å²) in [6, 6.07) is 5.96. The second-order valence-electron chi connectivity index (χ2n) is 16.5. The molecule has 1 aromatic carbocycles. The lowest BCUT2D eigenvalue weighted by molar-refractivity contribution is -0.138. The predicted molar refractivity (Wildman–Crippen MR) is 193 cm³/mol. The second-order valence-corrected chi connectivity index (χ2v) is 16.5. The molecule has 2 aromatic rings. The highest BCUT2D eigenvalue weighted by molar-refractivity contribution is 6.01. The van der Waals surface area contributed by atoms with Gasteiger partial charge in [0.15, 0.2) is 0 Å². The fourth-order valence-corrected chi connectivity index (χ4v) is 6.55. The number of rotatable bonds is 6. The van der Waals surface area contributed by atoms with E-state index < -0.39 is 70.0 Å². The highest BCUT2D eigenvalue weighted by Gasteiger charge is 2.70. The van der Waals surface area contributed by atoms with Crippen LogP contribution >= 0.6 is 0 Å². The van der Waals surface area contributed by atoms with Crippen molar-refractivity contribution in [2.45, 2.75) is 117 Å². The average Bonchev–Trinajstić information content (AvgIpc) is 3.69. The number of esters is 1. The predicted octanol–water partition coefficient (Wildman–Crippen LogP) is 6.54. The van der Waals surface area contributed by atoms with Gasteiger partial charge in [-0.2, -0.15) is 0 Å². The molecule has 2 aliphatic rings. The van der Waals surface area contributed by atoms with E-state index in [0.717, 1.165) is 11.7 Å². The number of ether oxygens (including phenoxy) is 4. The Morgan fingerprint density at radius 1 is 0.865 bits per heavy atom. The fraction of sp³-hybridized carbons (Fsp3) is 0.526. The minimum Gasteiger partial charge on any atom is -0.464 e. The Balaban J connectivity index is 1.87. The quantitative estimate of drug-likeness (QED) is 0.150. The van der Waals surface area contributed by atoms with Crippen LogP contribution in [0.25, 0.3) is 6.08 Å². The Morgan fingerprint density at radius 2 is 1.42 bits per heavy atom. The molecule has 0 spiro atoms. The van der Waals surface area contributed by atoms with E-state index in [9.17, 15) is 24.0 Å². The number of nitrogens with zero attached hydrogens (tertiary/aromatic N) is 4. The van der Waals surface area contributed by atoms with Crippen LogP contribution in [-0.2, 0) is 34.0 Å². The lowest BCUT2D eigenvalue weighted by Crippen LogP contribution is -2.60. The van der Waals surface area contributed by atoms with E-state index in [1.54, 1.807) is 80.5 Å². The number of imidazole rings is 1. The molecule has 1 saturated heterocycles. The van der Waals surface area contributed by atoms with Gasteiger partial charge in [-0.1, -0.05) is 38.1 Å². The van der Waals surface area contributed by atoms with Gasteiger partial charge in [-0.25, -0.2) is 28.7 Å². The third-order valence-corrected chi connectivity index (χ3v) is 8.76. The number of aromatic nitrogens is 2. The first-order chi connectivity index (χ1) is 23.9. The van der Waals surface area contributed by atoms with Crippen molar-refractivity contribution in [3.05, 3.63) is 66.4 Å². The number of nitrogens with one attached hydrogen (secondary N) is 1. The van der Waals surface area contributed by atoms with Gasteiger partial charge < -0.3 is 24.3 Å². The Kier molecular flexibility index (Phi) is 10.5. The molecule has 282 valence electrons. The Morgan fingerprint density at radius 3 is 1.98 bits per heavy atom. The van der Waals surface area contributed by atoms with Crippen molar-refractivity contribution in [3.8, 4) is 0 Å². The molecule has 0 radical (unpaired) electrons. The summed E-state index contributed by atoms with van der Waals surface area (Å²) in [5.74, 6) is -1.67. The first-order valence-electron chi connectivity index (χ1n) is 17.0. The molecule has 1 aromatic heterocycles. The van der Waals surface area contributed by atoms with Crippen LogP contribution in [0.1, 0.15) is 93.8 Å². The van der Waals surface area contributed by atoms with Gasteiger partial charge in [0.2, 0.25) is 5.91 Å². The summed E-state index contributed by atoms with van der Waals surface area (Å²) >= 11 is 0. The summed E-state index contributed by atoms with van der Waals surface area (Å²) < 4.78 is 23.2. The normalized spacial score (nSPS) is 20.4. The first kappa shape index (κ1) is 39.6. The summed E-state index contributed by atoms with van der Waals surface area (Å²) in [4.78, 5) is 75.6. The molecule has 1 fully saturated rings. The Labute approximate surface area is 305 Å². The number of carbonyl (C=O) groups is 5. The summed E-state index contributed by atoms with van der Waals surface area (Å²) in [6.07, 6.45) is 2.12. The topological polar surface area (TPSA) is 159 Å². The fourth-order valence-electron chi connectivity index (χ4n) is 6.55. The molecule has 3 atom stereocenters. The van der Waals surface area contributed by atoms with Crippen LogP contribution in [0.15, 0.2) is 55.1 Å². The van der Waals surface area contributed by atoms with E-state index in [1.165, 1.54) is 28.4 Å². The number of likely N-dealkylation sites (tertiary alicyclic amines) is 1. The van der Waals surface area contributed by atoms with E-state index in [1.807, 2.05) is 26.0 Å². The first-order valence-corrected chi connectivity index (χ1v) is 17.0. The maximum atomic E-state index is 14.6. The third-order valence-electron chi connectivity index (χ3n) is 8.76. The standard InChI is InChI=1S/C38H51N5O9/c1-14-37(11,12)38-20-27(28(44)40-25(29(45)49-13)19-23-21-41(22-39-23)31(46)50-34(2,3)4)43(33(48)52-36(8,9)10)30(38)42(32(47)51-35(5,6)7)26-18-16-15-17-24(26)38/h14-19,21-22,27,30H,1,20H2,2-13H3,(H,40,44)/b25-19-/t27-,30-,38+/m0/s1. The molecule has 2 aliphatic heterocycles. The van der Waals surface area contributed by atoms with E-state index in [4.69, 9.17) is 18.9 Å². The van der Waals surface area contributed by atoms with Gasteiger partial charge in [0.1, 0.15) is 41.0 Å². The maximum Gasteiger partial charge on any atom is 0.419 e. The summed E-state index contributed by atoms with van der Waals surface area (Å²) in [7, 11) is 1.14. The summed E-state index contributed by atoms with van der Waals surface area (Å²) in [5, 5.41) is 2.64. The lowest BCUT2D eigenvalue weighted by atomic mass is 9.60. The van der Waals surface area contributed by atoms with Crippen LogP contribution in [0.3, 0.4) is 0 Å². The molecule has 0 unspecified atom stereocenters. The van der Waals surface area contributed by atoms with Crippen molar-refractivity contribution >= 4 is 41.9 Å². The molecule has 0 bridgehead atoms. The molecule has 0 saturated carbocycles. The van der Waals surface area contributed by atoms with Gasteiger partial charge in [-0.3, -0.25) is 14.6 Å².